The Morgan fingerprint density at radius 3 is 2.20 bits per heavy atom. The molecular weight excluding hydrogens is 338 g/mol. The first-order valence-corrected chi connectivity index (χ1v) is 8.72. The molecule has 2 aromatic rings. The molecule has 2 aromatic carbocycles. The van der Waals surface area contributed by atoms with Crippen LogP contribution in [0.1, 0.15) is 11.1 Å². The molecule has 0 spiro atoms. The summed E-state index contributed by atoms with van der Waals surface area (Å²) in [5, 5.41) is 0.709. The van der Waals surface area contributed by atoms with E-state index in [4.69, 9.17) is 0 Å². The van der Waals surface area contributed by atoms with Crippen LogP contribution in [0.15, 0.2) is 53.4 Å². The van der Waals surface area contributed by atoms with E-state index in [-0.39, 0.29) is 0 Å². The van der Waals surface area contributed by atoms with Crippen molar-refractivity contribution in [1.29, 1.82) is 0 Å². The lowest BCUT2D eigenvalue weighted by Crippen LogP contribution is -2.27. The summed E-state index contributed by atoms with van der Waals surface area (Å²) in [5.41, 5.74) is 2.66. The Hall–Kier alpha value is -1.33. The van der Waals surface area contributed by atoms with Crippen molar-refractivity contribution in [2.24, 2.45) is 0 Å². The maximum absolute atomic E-state index is 12.6. The van der Waals surface area contributed by atoms with E-state index in [1.54, 1.807) is 25.2 Å². The molecule has 5 heteroatoms. The third kappa shape index (κ3) is 2.88. The minimum Gasteiger partial charge on any atom is -0.269 e. The van der Waals surface area contributed by atoms with E-state index in [2.05, 4.69) is 15.9 Å². The number of nitrogens with zero attached hydrogens (tertiary/aromatic N) is 1. The summed E-state index contributed by atoms with van der Waals surface area (Å²) in [7, 11) is -1.94. The second kappa shape index (κ2) is 5.97. The van der Waals surface area contributed by atoms with Gasteiger partial charge < -0.3 is 0 Å². The van der Waals surface area contributed by atoms with Gasteiger partial charge >= 0.3 is 0 Å². The number of benzene rings is 2. The Bertz CT molecular complexity index is 696. The summed E-state index contributed by atoms with van der Waals surface area (Å²) < 4.78 is 26.5. The van der Waals surface area contributed by atoms with Gasteiger partial charge in [-0.15, -0.1) is 0 Å². The highest BCUT2D eigenvalue weighted by molar-refractivity contribution is 9.08. The van der Waals surface area contributed by atoms with Gasteiger partial charge in [0.1, 0.15) is 0 Å². The topological polar surface area (TPSA) is 37.4 Å². The van der Waals surface area contributed by atoms with Crippen molar-refractivity contribution >= 4 is 31.6 Å². The Labute approximate surface area is 128 Å². The summed E-state index contributed by atoms with van der Waals surface area (Å²) in [6, 6.07) is 14.3. The minimum absolute atomic E-state index is 0.299. The number of aryl methyl sites for hydroxylation is 1. The van der Waals surface area contributed by atoms with Crippen LogP contribution in [0, 0.1) is 6.92 Å². The molecule has 0 atom stereocenters. The van der Waals surface area contributed by atoms with Gasteiger partial charge in [-0.05, 0) is 36.2 Å². The van der Waals surface area contributed by atoms with Crippen molar-refractivity contribution in [3.05, 3.63) is 59.7 Å². The summed E-state index contributed by atoms with van der Waals surface area (Å²) >= 11 is 3.35. The van der Waals surface area contributed by atoms with Crippen molar-refractivity contribution in [3.8, 4) is 0 Å². The molecule has 0 radical (unpaired) electrons. The Morgan fingerprint density at radius 1 is 1.05 bits per heavy atom. The molecule has 0 amide bonds. The highest BCUT2D eigenvalue weighted by Crippen LogP contribution is 2.25. The molecule has 20 heavy (non-hydrogen) atoms. The largest absolute Gasteiger partial charge is 0.269 e. The van der Waals surface area contributed by atoms with E-state index in [1.165, 1.54) is 4.31 Å². The predicted molar refractivity (Wildman–Crippen MR) is 85.8 cm³/mol. The molecule has 3 nitrogen and oxygen atoms in total. The highest BCUT2D eigenvalue weighted by Gasteiger charge is 2.21. The standard InChI is InChI=1S/C15H16BrNO2S/c1-12-5-3-4-6-15(12)17(2)20(18,19)14-9-7-13(11-16)8-10-14/h3-10H,11H2,1-2H3. The maximum atomic E-state index is 12.6. The number of alkyl halides is 1. The zero-order chi connectivity index (χ0) is 14.8. The van der Waals surface area contributed by atoms with E-state index in [0.29, 0.717) is 15.9 Å². The molecule has 2 rings (SSSR count). The smallest absolute Gasteiger partial charge is 0.264 e. The molecule has 0 unspecified atom stereocenters. The normalized spacial score (nSPS) is 11.3. The fourth-order valence-corrected chi connectivity index (χ4v) is 3.59. The monoisotopic (exact) mass is 353 g/mol. The molecule has 0 bridgehead atoms. The fraction of sp³-hybridized carbons (Fsp3) is 0.200. The molecule has 0 fully saturated rings. The molecule has 0 aromatic heterocycles. The van der Waals surface area contributed by atoms with Gasteiger partial charge in [0.25, 0.3) is 10.0 Å². The quantitative estimate of drug-likeness (QED) is 0.785. The van der Waals surface area contributed by atoms with Crippen LogP contribution in [0.4, 0.5) is 5.69 Å². The number of hydrogen-bond donors (Lipinski definition) is 0. The molecule has 0 heterocycles. The van der Waals surface area contributed by atoms with E-state index in [1.807, 2.05) is 37.3 Å². The Kier molecular flexibility index (Phi) is 4.50. The first kappa shape index (κ1) is 15.1. The number of hydrogen-bond acceptors (Lipinski definition) is 2. The Morgan fingerprint density at radius 2 is 1.65 bits per heavy atom. The number of sulfonamides is 1. The van der Waals surface area contributed by atoms with Gasteiger partial charge in [-0.3, -0.25) is 4.31 Å². The zero-order valence-electron chi connectivity index (χ0n) is 11.4. The lowest BCUT2D eigenvalue weighted by molar-refractivity contribution is 0.594. The molecule has 0 aliphatic carbocycles. The molecule has 0 saturated heterocycles. The lowest BCUT2D eigenvalue weighted by Gasteiger charge is -2.21. The van der Waals surface area contributed by atoms with Gasteiger partial charge in [-0.25, -0.2) is 8.42 Å². The van der Waals surface area contributed by atoms with Crippen molar-refractivity contribution in [2.45, 2.75) is 17.1 Å². The summed E-state index contributed by atoms with van der Waals surface area (Å²) in [5.74, 6) is 0. The average molecular weight is 354 g/mol. The first-order valence-electron chi connectivity index (χ1n) is 6.16. The lowest BCUT2D eigenvalue weighted by atomic mass is 10.2. The van der Waals surface area contributed by atoms with Crippen molar-refractivity contribution in [3.63, 3.8) is 0 Å². The number of rotatable bonds is 4. The van der Waals surface area contributed by atoms with Crippen LogP contribution in [0.2, 0.25) is 0 Å². The number of halogens is 1. The van der Waals surface area contributed by atoms with Crippen LogP contribution in [0.5, 0.6) is 0 Å². The van der Waals surface area contributed by atoms with E-state index >= 15 is 0 Å². The Balaban J connectivity index is 2.41. The molecule has 0 N–H and O–H groups in total. The van der Waals surface area contributed by atoms with Gasteiger partial charge in [0.15, 0.2) is 0 Å². The van der Waals surface area contributed by atoms with Crippen LogP contribution < -0.4 is 4.31 Å². The number of para-hydroxylation sites is 1. The fourth-order valence-electron chi connectivity index (χ4n) is 1.95. The van der Waals surface area contributed by atoms with Crippen molar-refractivity contribution in [2.75, 3.05) is 11.4 Å². The highest BCUT2D eigenvalue weighted by atomic mass is 79.9. The third-order valence-electron chi connectivity index (χ3n) is 3.19. The van der Waals surface area contributed by atoms with E-state index in [0.717, 1.165) is 11.1 Å². The van der Waals surface area contributed by atoms with Crippen LogP contribution in [-0.4, -0.2) is 15.5 Å². The predicted octanol–water partition coefficient (Wildman–Crippen LogP) is 3.72. The molecule has 0 aliphatic rings. The van der Waals surface area contributed by atoms with Gasteiger partial charge in [-0.1, -0.05) is 46.3 Å². The first-order chi connectivity index (χ1) is 9.46. The van der Waals surface area contributed by atoms with Crippen molar-refractivity contribution < 1.29 is 8.42 Å². The zero-order valence-corrected chi connectivity index (χ0v) is 13.8. The van der Waals surface area contributed by atoms with Gasteiger partial charge in [-0.2, -0.15) is 0 Å². The SMILES string of the molecule is Cc1ccccc1N(C)S(=O)(=O)c1ccc(CBr)cc1. The minimum atomic E-state index is -3.52. The second-order valence-electron chi connectivity index (χ2n) is 4.54. The number of anilines is 1. The second-order valence-corrected chi connectivity index (χ2v) is 7.07. The third-order valence-corrected chi connectivity index (χ3v) is 5.62. The van der Waals surface area contributed by atoms with Gasteiger partial charge in [0.2, 0.25) is 0 Å². The van der Waals surface area contributed by atoms with Crippen LogP contribution in [0.3, 0.4) is 0 Å². The summed E-state index contributed by atoms with van der Waals surface area (Å²) in [4.78, 5) is 0.299. The van der Waals surface area contributed by atoms with E-state index in [9.17, 15) is 8.42 Å². The molecule has 0 saturated carbocycles. The van der Waals surface area contributed by atoms with Crippen LogP contribution >= 0.6 is 15.9 Å². The van der Waals surface area contributed by atoms with Crippen LogP contribution in [-0.2, 0) is 15.4 Å². The summed E-state index contributed by atoms with van der Waals surface area (Å²) in [6.45, 7) is 1.90. The van der Waals surface area contributed by atoms with Crippen LogP contribution in [0.25, 0.3) is 0 Å². The molecule has 0 aliphatic heterocycles. The molecule has 106 valence electrons. The summed E-state index contributed by atoms with van der Waals surface area (Å²) in [6.07, 6.45) is 0. The van der Waals surface area contributed by atoms with E-state index < -0.39 is 10.0 Å². The van der Waals surface area contributed by atoms with Gasteiger partial charge in [0, 0.05) is 12.4 Å². The average Bonchev–Trinajstić information content (AvgIpc) is 2.47. The van der Waals surface area contributed by atoms with Gasteiger partial charge in [0.05, 0.1) is 10.6 Å². The maximum Gasteiger partial charge on any atom is 0.264 e. The molecular formula is C15H16BrNO2S. The van der Waals surface area contributed by atoms with Crippen molar-refractivity contribution in [1.82, 2.24) is 0 Å².